The first-order valence-electron chi connectivity index (χ1n) is 35.3. The highest BCUT2D eigenvalue weighted by molar-refractivity contribution is 5.95. The Bertz CT molecular complexity index is 6990. The Hall–Kier alpha value is -17.3. The molecule has 0 amide bonds. The maximum absolute atomic E-state index is 16.3. The molecule has 0 N–H and O–H groups in total. The van der Waals surface area contributed by atoms with E-state index in [0.717, 1.165) is 48.5 Å². The molecule has 2 heterocycles. The van der Waals surface area contributed by atoms with Gasteiger partial charge in [0.1, 0.15) is 185 Å². The van der Waals surface area contributed by atoms with E-state index in [4.69, 9.17) is 39.4 Å². The summed E-state index contributed by atoms with van der Waals surface area (Å²) in [5.41, 5.74) is -16.8. The number of benzene rings is 7. The molecule has 0 radical (unpaired) electrons. The zero-order valence-electron chi connectivity index (χ0n) is 62.7. The molecule has 624 valence electrons. The molecule has 2 aromatic heterocycles. The second-order valence-electron chi connectivity index (χ2n) is 27.6. The van der Waals surface area contributed by atoms with E-state index in [1.165, 1.54) is 12.1 Å². The molecule has 0 saturated heterocycles. The van der Waals surface area contributed by atoms with E-state index in [1.54, 1.807) is 24.3 Å². The standard InChI is InChI=1S/C32H8F12N4.C30H10F6N4.C28H8F6N6/c1-47-30(48-2)17-8-16-23(12-5-20(35)27(21(36)6-12)32(42,43)44)24-15(7-14(28(24)37)13(9-45)10-46)22(25(16)29(17)38)11-3-18(33)26(19(34)4-11)31(39,40)41;1-39-30(40-2)23-10-22-25(14-5-18(33)8-19(34)6-14)26-21(9-20(28(26)35)15(11-37)12-38)24(27(22)29(23)36)13-3-16(31)7-17(32)4-13;1-37-28(38-2)17-8-16-23(12-5-20(31)40-21(32)6-12)24-15(7-14(26(24)33)13(9-35)10-36)22(25(16)27(17)34)11-3-18(29)39-19(30)4-11/h3-6H,7-8H2;3-8H,9-10H2;3-6H,7-8H2. The van der Waals surface area contributed by atoms with Crippen molar-refractivity contribution in [3.8, 4) is 103 Å². The predicted octanol–water partition coefficient (Wildman–Crippen LogP) is 19.5. The number of allylic oxidation sites excluding steroid dienone is 9. The number of halogens is 24. The van der Waals surface area contributed by atoms with Gasteiger partial charge in [0.25, 0.3) is 0 Å². The Morgan fingerprint density at radius 2 is 0.430 bits per heavy atom. The van der Waals surface area contributed by atoms with Crippen molar-refractivity contribution in [3.63, 3.8) is 0 Å². The summed E-state index contributed by atoms with van der Waals surface area (Å²) in [6, 6.07) is 17.1. The molecular weight excluding hydrogens is 1730 g/mol. The van der Waals surface area contributed by atoms with Gasteiger partial charge in [-0.3, -0.25) is 0 Å². The average molecular weight is 1760 g/mol. The summed E-state index contributed by atoms with van der Waals surface area (Å²) in [5, 5.41) is 53.4. The third-order valence-electron chi connectivity index (χ3n) is 20.8. The zero-order chi connectivity index (χ0) is 93.4. The molecular formula is C90H26F24N14. The van der Waals surface area contributed by atoms with Gasteiger partial charge in [0, 0.05) is 123 Å². The quantitative estimate of drug-likeness (QED) is 0.0678. The van der Waals surface area contributed by atoms with Crippen LogP contribution in [0.2, 0.25) is 0 Å². The second-order valence-corrected chi connectivity index (χ2v) is 27.6. The van der Waals surface area contributed by atoms with Gasteiger partial charge >= 0.3 is 29.8 Å². The molecule has 0 atom stereocenters. The Kier molecular flexibility index (Phi) is 23.2. The largest absolute Gasteiger partial charge is 0.525 e. The van der Waals surface area contributed by atoms with Gasteiger partial charge in [-0.2, -0.15) is 115 Å². The molecule has 0 saturated carbocycles. The number of nitrogens with zero attached hydrogens (tertiary/aromatic N) is 14. The Morgan fingerprint density at radius 3 is 0.609 bits per heavy atom. The summed E-state index contributed by atoms with van der Waals surface area (Å²) in [6.07, 6.45) is -15.0. The number of hydrogen-bond donors (Lipinski definition) is 0. The maximum Gasteiger partial charge on any atom is 0.525 e. The summed E-state index contributed by atoms with van der Waals surface area (Å²) in [6.45, 7) is 43.6. The number of alkyl halides is 6. The van der Waals surface area contributed by atoms with Crippen LogP contribution in [0.1, 0.15) is 44.5 Å². The van der Waals surface area contributed by atoms with E-state index in [-0.39, 0.29) is 118 Å². The van der Waals surface area contributed by atoms with Crippen molar-refractivity contribution < 1.29 is 105 Å². The molecule has 0 fully saturated rings. The molecule has 0 aliphatic heterocycles. The van der Waals surface area contributed by atoms with E-state index in [9.17, 15) is 111 Å². The first-order valence-corrected chi connectivity index (χ1v) is 35.3. The van der Waals surface area contributed by atoms with E-state index in [0.29, 0.717) is 12.1 Å². The summed E-state index contributed by atoms with van der Waals surface area (Å²) >= 11 is 0. The lowest BCUT2D eigenvalue weighted by Crippen LogP contribution is -2.25. The van der Waals surface area contributed by atoms with Crippen LogP contribution in [0.15, 0.2) is 153 Å². The first-order chi connectivity index (χ1) is 60.7. The van der Waals surface area contributed by atoms with Crippen LogP contribution in [0, 0.1) is 178 Å². The van der Waals surface area contributed by atoms with Crippen LogP contribution in [0.3, 0.4) is 0 Å². The van der Waals surface area contributed by atoms with Crippen molar-refractivity contribution in [1.82, 2.24) is 9.97 Å². The van der Waals surface area contributed by atoms with E-state index < -0.39 is 273 Å². The monoisotopic (exact) mass is 1760 g/mol. The van der Waals surface area contributed by atoms with Crippen LogP contribution < -0.4 is 31.3 Å². The molecule has 0 spiro atoms. The molecule has 7 aromatic carbocycles. The van der Waals surface area contributed by atoms with Crippen LogP contribution in [0.5, 0.6) is 0 Å². The number of fused-ring (bicyclic) bond motifs is 6. The first kappa shape index (κ1) is 88.5. The third-order valence-corrected chi connectivity index (χ3v) is 20.8. The fraction of sp³-hybridized carbons (Fsp3) is 0.0889. The van der Waals surface area contributed by atoms with Gasteiger partial charge in [-0.05, 0) is 149 Å². The minimum Gasteiger partial charge on any atom is -0.207 e. The van der Waals surface area contributed by atoms with Crippen molar-refractivity contribution in [2.24, 2.45) is 0 Å². The lowest BCUT2D eigenvalue weighted by Gasteiger charge is -2.18. The molecule has 15 rings (SSSR count). The van der Waals surface area contributed by atoms with Crippen molar-refractivity contribution in [3.05, 3.63) is 367 Å². The highest BCUT2D eigenvalue weighted by Gasteiger charge is 2.45. The van der Waals surface area contributed by atoms with Crippen LogP contribution in [0.25, 0.3) is 131 Å². The molecule has 0 unspecified atom stereocenters. The minimum absolute atomic E-state index is 0.0902. The smallest absolute Gasteiger partial charge is 0.207 e. The molecule has 0 bridgehead atoms. The SMILES string of the molecule is [C-]#[N+]C([N+]#[C-])=C1Cc2c(-c3cc(F)c(C(F)(F)F)c(F)c3)c3c(c(-c4cc(F)c(C(F)(F)F)c(F)c4)c2=C1F)CC(=C(C#N)C#N)C=3F.[C-]#[N+]C([N+]#[C-])=C1Cc2c(-c3cc(F)cc(F)c3)c3c(c(-c4cc(F)cc(F)c4)c2=C1F)CC(=C(C#N)C#N)C=3F.[C-]#[N+]C([N+]#[C-])=C1Cc2c(-c3cc(F)nc(F)c3)c3c(c(-c4cc(F)nc(F)c4)c2=C1F)CC(=C(C#N)C#N)C=3F. The molecule has 38 heteroatoms. The average Bonchev–Trinajstić information content (AvgIpc) is 1.53. The fourth-order valence-corrected chi connectivity index (χ4v) is 16.1. The zero-order valence-corrected chi connectivity index (χ0v) is 62.7. The normalized spacial score (nSPS) is 13.5. The number of nitriles is 6. The van der Waals surface area contributed by atoms with Gasteiger partial charge in [-0.25, -0.2) is 61.5 Å². The molecule has 9 aromatic rings. The number of rotatable bonds is 6. The fourth-order valence-electron chi connectivity index (χ4n) is 16.1. The van der Waals surface area contributed by atoms with Crippen LogP contribution in [-0.2, 0) is 50.9 Å². The highest BCUT2D eigenvalue weighted by Crippen LogP contribution is 2.48. The summed E-state index contributed by atoms with van der Waals surface area (Å²) in [5.74, 6) is -28.0. The van der Waals surface area contributed by atoms with Gasteiger partial charge in [-0.1, -0.05) is 0 Å². The lowest BCUT2D eigenvalue weighted by atomic mass is 9.86. The summed E-state index contributed by atoms with van der Waals surface area (Å²) in [7, 11) is 0. The summed E-state index contributed by atoms with van der Waals surface area (Å²) < 4.78 is 352. The summed E-state index contributed by atoms with van der Waals surface area (Å²) in [4.78, 5) is 24.0. The maximum atomic E-state index is 16.3. The van der Waals surface area contributed by atoms with E-state index in [2.05, 4.69) is 39.0 Å². The van der Waals surface area contributed by atoms with Gasteiger partial charge in [-0.15, -0.1) is 0 Å². The molecule has 14 nitrogen and oxygen atoms in total. The number of aromatic nitrogens is 2. The third kappa shape index (κ3) is 14.9. The van der Waals surface area contributed by atoms with Crippen molar-refractivity contribution in [2.45, 2.75) is 50.9 Å². The number of hydrogen-bond acceptors (Lipinski definition) is 8. The molecule has 6 aliphatic rings. The van der Waals surface area contributed by atoms with E-state index >= 15 is 26.3 Å². The van der Waals surface area contributed by atoms with Crippen LogP contribution in [-0.4, -0.2) is 9.97 Å². The van der Waals surface area contributed by atoms with Gasteiger partial charge in [0.05, 0.1) is 16.7 Å². The Morgan fingerprint density at radius 1 is 0.258 bits per heavy atom. The van der Waals surface area contributed by atoms with Gasteiger partial charge in [0.2, 0.25) is 23.8 Å². The van der Waals surface area contributed by atoms with Gasteiger partial charge in [0.15, 0.2) is 0 Å². The minimum atomic E-state index is -5.56. The molecule has 6 aliphatic carbocycles. The van der Waals surface area contributed by atoms with Crippen molar-refractivity contribution in [1.29, 1.82) is 31.6 Å². The van der Waals surface area contributed by atoms with Crippen LogP contribution >= 0.6 is 0 Å². The van der Waals surface area contributed by atoms with Crippen LogP contribution in [0.4, 0.5) is 105 Å². The highest BCUT2D eigenvalue weighted by atomic mass is 19.4. The Labute approximate surface area is 700 Å². The van der Waals surface area contributed by atoms with Gasteiger partial charge < -0.3 is 0 Å². The topological polar surface area (TPSA) is 195 Å². The predicted molar refractivity (Wildman–Crippen MR) is 400 cm³/mol. The van der Waals surface area contributed by atoms with Crippen molar-refractivity contribution in [2.75, 3.05) is 0 Å². The second kappa shape index (κ2) is 33.5. The van der Waals surface area contributed by atoms with E-state index in [1.807, 2.05) is 0 Å². The van der Waals surface area contributed by atoms with Crippen molar-refractivity contribution >= 4 is 35.0 Å². The Balaban J connectivity index is 0.000000165. The number of pyridine rings is 2. The molecule has 128 heavy (non-hydrogen) atoms. The lowest BCUT2D eigenvalue weighted by molar-refractivity contribution is -0.143.